The first kappa shape index (κ1) is 12.1. The molecular formula is C16H18N2O2. The molecule has 3 aliphatic rings. The maximum absolute atomic E-state index is 12.4. The van der Waals surface area contributed by atoms with E-state index in [0.717, 1.165) is 13.0 Å². The first-order valence-electron chi connectivity index (χ1n) is 7.45. The molecule has 1 aromatic carbocycles. The fourth-order valence-corrected chi connectivity index (χ4v) is 4.04. The molecule has 2 atom stereocenters. The number of hydrogen-bond donors (Lipinski definition) is 0. The van der Waals surface area contributed by atoms with Crippen molar-refractivity contribution < 1.29 is 9.59 Å². The minimum absolute atomic E-state index is 0.109. The summed E-state index contributed by atoms with van der Waals surface area (Å²) in [7, 11) is 0. The van der Waals surface area contributed by atoms with Gasteiger partial charge in [-0.05, 0) is 50.4 Å². The van der Waals surface area contributed by atoms with Gasteiger partial charge in [0.05, 0.1) is 11.1 Å². The van der Waals surface area contributed by atoms with Crippen LogP contribution in [0.1, 0.15) is 40.0 Å². The van der Waals surface area contributed by atoms with Crippen LogP contribution < -0.4 is 0 Å². The molecule has 20 heavy (non-hydrogen) atoms. The van der Waals surface area contributed by atoms with Crippen molar-refractivity contribution in [1.29, 1.82) is 0 Å². The van der Waals surface area contributed by atoms with E-state index in [2.05, 4.69) is 4.90 Å². The van der Waals surface area contributed by atoms with E-state index < -0.39 is 0 Å². The smallest absolute Gasteiger partial charge is 0.261 e. The van der Waals surface area contributed by atoms with E-state index in [9.17, 15) is 9.59 Å². The van der Waals surface area contributed by atoms with Crippen LogP contribution in [-0.2, 0) is 0 Å². The molecule has 104 valence electrons. The van der Waals surface area contributed by atoms with Gasteiger partial charge >= 0.3 is 0 Å². The van der Waals surface area contributed by atoms with Crippen LogP contribution in [0.2, 0.25) is 0 Å². The fraction of sp³-hybridized carbons (Fsp3) is 0.500. The lowest BCUT2D eigenvalue weighted by Crippen LogP contribution is -2.38. The van der Waals surface area contributed by atoms with Crippen LogP contribution in [0.5, 0.6) is 0 Å². The monoisotopic (exact) mass is 270 g/mol. The molecule has 3 aliphatic heterocycles. The van der Waals surface area contributed by atoms with Crippen molar-refractivity contribution in [3.05, 3.63) is 35.4 Å². The number of imide groups is 1. The van der Waals surface area contributed by atoms with Gasteiger partial charge in [0.2, 0.25) is 0 Å². The minimum Gasteiger partial charge on any atom is -0.300 e. The summed E-state index contributed by atoms with van der Waals surface area (Å²) < 4.78 is 0. The quantitative estimate of drug-likeness (QED) is 0.769. The summed E-state index contributed by atoms with van der Waals surface area (Å²) in [5.41, 5.74) is 1.14. The fourth-order valence-electron chi connectivity index (χ4n) is 4.04. The van der Waals surface area contributed by atoms with Gasteiger partial charge in [-0.3, -0.25) is 14.5 Å². The minimum atomic E-state index is -0.109. The van der Waals surface area contributed by atoms with Gasteiger partial charge < -0.3 is 4.90 Å². The van der Waals surface area contributed by atoms with Gasteiger partial charge in [0.1, 0.15) is 0 Å². The lowest BCUT2D eigenvalue weighted by molar-refractivity contribution is 0.0620. The van der Waals surface area contributed by atoms with Crippen molar-refractivity contribution in [1.82, 2.24) is 9.80 Å². The summed E-state index contributed by atoms with van der Waals surface area (Å²) in [4.78, 5) is 28.7. The average Bonchev–Trinajstić information content (AvgIpc) is 3.12. The molecule has 0 aromatic heterocycles. The molecule has 4 rings (SSSR count). The Balaban J connectivity index is 1.56. The third kappa shape index (κ3) is 1.64. The van der Waals surface area contributed by atoms with Gasteiger partial charge in [0, 0.05) is 12.6 Å². The summed E-state index contributed by atoms with van der Waals surface area (Å²) in [6.45, 7) is 2.90. The number of rotatable bonds is 2. The molecule has 2 amide bonds. The van der Waals surface area contributed by atoms with Crippen molar-refractivity contribution in [3.63, 3.8) is 0 Å². The van der Waals surface area contributed by atoms with E-state index in [4.69, 9.17) is 0 Å². The molecule has 0 radical (unpaired) electrons. The Bertz CT molecular complexity index is 549. The molecule has 4 heteroatoms. The highest BCUT2D eigenvalue weighted by Gasteiger charge is 2.42. The Morgan fingerprint density at radius 1 is 1.00 bits per heavy atom. The average molecular weight is 270 g/mol. The van der Waals surface area contributed by atoms with Gasteiger partial charge in [-0.15, -0.1) is 0 Å². The Morgan fingerprint density at radius 2 is 1.70 bits per heavy atom. The van der Waals surface area contributed by atoms with E-state index in [0.29, 0.717) is 29.6 Å². The van der Waals surface area contributed by atoms with Crippen molar-refractivity contribution in [2.75, 3.05) is 19.6 Å². The first-order chi connectivity index (χ1) is 9.75. The number of fused-ring (bicyclic) bond motifs is 2. The summed E-state index contributed by atoms with van der Waals surface area (Å²) in [5, 5.41) is 0. The topological polar surface area (TPSA) is 40.6 Å². The van der Waals surface area contributed by atoms with Crippen LogP contribution in [0.3, 0.4) is 0 Å². The molecule has 2 saturated heterocycles. The van der Waals surface area contributed by atoms with Gasteiger partial charge in [-0.25, -0.2) is 0 Å². The SMILES string of the molecule is O=C1c2ccccc2C(=O)N1C[C@H]1CCN2CCC[C@H]12. The largest absolute Gasteiger partial charge is 0.300 e. The first-order valence-corrected chi connectivity index (χ1v) is 7.45. The third-order valence-corrected chi connectivity index (χ3v) is 5.04. The van der Waals surface area contributed by atoms with E-state index in [1.807, 2.05) is 12.1 Å². The van der Waals surface area contributed by atoms with Crippen molar-refractivity contribution >= 4 is 11.8 Å². The maximum Gasteiger partial charge on any atom is 0.261 e. The number of carbonyl (C=O) groups excluding carboxylic acids is 2. The van der Waals surface area contributed by atoms with Crippen LogP contribution in [0, 0.1) is 5.92 Å². The second kappa shape index (κ2) is 4.42. The molecule has 0 saturated carbocycles. The zero-order valence-electron chi connectivity index (χ0n) is 11.4. The Kier molecular flexibility index (Phi) is 2.67. The van der Waals surface area contributed by atoms with E-state index in [-0.39, 0.29) is 11.8 Å². The predicted molar refractivity (Wildman–Crippen MR) is 74.5 cm³/mol. The molecule has 0 aliphatic carbocycles. The highest BCUT2D eigenvalue weighted by molar-refractivity contribution is 6.21. The lowest BCUT2D eigenvalue weighted by Gasteiger charge is -2.24. The molecule has 2 fully saturated rings. The summed E-state index contributed by atoms with van der Waals surface area (Å²) >= 11 is 0. The van der Waals surface area contributed by atoms with E-state index in [1.54, 1.807) is 12.1 Å². The normalized spacial score (nSPS) is 29.1. The predicted octanol–water partition coefficient (Wildman–Crippen LogP) is 1.77. The molecule has 0 bridgehead atoms. The van der Waals surface area contributed by atoms with Crippen molar-refractivity contribution in [3.8, 4) is 0 Å². The van der Waals surface area contributed by atoms with Crippen molar-refractivity contribution in [2.24, 2.45) is 5.92 Å². The number of hydrogen-bond acceptors (Lipinski definition) is 3. The molecule has 0 spiro atoms. The van der Waals surface area contributed by atoms with Crippen LogP contribution in [0.4, 0.5) is 0 Å². The van der Waals surface area contributed by atoms with Crippen molar-refractivity contribution in [2.45, 2.75) is 25.3 Å². The highest BCUT2D eigenvalue weighted by Crippen LogP contribution is 2.34. The standard InChI is InChI=1S/C16H18N2O2/c19-15-12-4-1-2-5-13(12)16(20)18(15)10-11-7-9-17-8-3-6-14(11)17/h1-2,4-5,11,14H,3,6-10H2/t11-,14-/m1/s1. The Hall–Kier alpha value is -1.68. The molecule has 0 unspecified atom stereocenters. The highest BCUT2D eigenvalue weighted by atomic mass is 16.2. The van der Waals surface area contributed by atoms with Gasteiger partial charge in [0.15, 0.2) is 0 Å². The van der Waals surface area contributed by atoms with Crippen LogP contribution in [-0.4, -0.2) is 47.3 Å². The van der Waals surface area contributed by atoms with Gasteiger partial charge in [-0.1, -0.05) is 12.1 Å². The molecule has 0 N–H and O–H groups in total. The number of nitrogens with zero attached hydrogens (tertiary/aromatic N) is 2. The zero-order chi connectivity index (χ0) is 13.7. The molecule has 3 heterocycles. The molecule has 1 aromatic rings. The van der Waals surface area contributed by atoms with Crippen LogP contribution >= 0.6 is 0 Å². The van der Waals surface area contributed by atoms with Gasteiger partial charge in [0.25, 0.3) is 11.8 Å². The zero-order valence-corrected chi connectivity index (χ0v) is 11.4. The molecular weight excluding hydrogens is 252 g/mol. The second-order valence-electron chi connectivity index (χ2n) is 6.06. The number of benzene rings is 1. The lowest BCUT2D eigenvalue weighted by atomic mass is 9.98. The summed E-state index contributed by atoms with van der Waals surface area (Å²) in [6, 6.07) is 7.74. The number of amides is 2. The van der Waals surface area contributed by atoms with Crippen LogP contribution in [0.15, 0.2) is 24.3 Å². The van der Waals surface area contributed by atoms with Gasteiger partial charge in [-0.2, -0.15) is 0 Å². The van der Waals surface area contributed by atoms with E-state index >= 15 is 0 Å². The Morgan fingerprint density at radius 3 is 2.40 bits per heavy atom. The van der Waals surface area contributed by atoms with E-state index in [1.165, 1.54) is 24.3 Å². The summed E-state index contributed by atoms with van der Waals surface area (Å²) in [6.07, 6.45) is 3.58. The van der Waals surface area contributed by atoms with Crippen LogP contribution in [0.25, 0.3) is 0 Å². The Labute approximate surface area is 118 Å². The summed E-state index contributed by atoms with van der Waals surface area (Å²) in [5.74, 6) is 0.240. The maximum atomic E-state index is 12.4. The molecule has 4 nitrogen and oxygen atoms in total. The second-order valence-corrected chi connectivity index (χ2v) is 6.06. The number of carbonyl (C=O) groups is 2. The third-order valence-electron chi connectivity index (χ3n) is 5.04.